The SMILES string of the molecule is CCC(=O)N1CC(C(=O)N2CCc3ccccc3C2)C(c2cccc(OC)c2)C1. The van der Waals surface area contributed by atoms with Gasteiger partial charge in [-0.05, 0) is 35.2 Å². The van der Waals surface area contributed by atoms with Crippen molar-refractivity contribution in [2.75, 3.05) is 26.7 Å². The number of benzene rings is 2. The van der Waals surface area contributed by atoms with E-state index >= 15 is 0 Å². The van der Waals surface area contributed by atoms with Gasteiger partial charge in [-0.25, -0.2) is 0 Å². The van der Waals surface area contributed by atoms with E-state index in [2.05, 4.69) is 18.2 Å². The molecule has 29 heavy (non-hydrogen) atoms. The van der Waals surface area contributed by atoms with Crippen molar-refractivity contribution in [3.8, 4) is 5.75 Å². The van der Waals surface area contributed by atoms with Gasteiger partial charge in [0, 0.05) is 38.5 Å². The van der Waals surface area contributed by atoms with Crippen molar-refractivity contribution in [3.63, 3.8) is 0 Å². The van der Waals surface area contributed by atoms with Crippen molar-refractivity contribution in [1.29, 1.82) is 0 Å². The Balaban J connectivity index is 1.60. The number of rotatable bonds is 4. The topological polar surface area (TPSA) is 49.9 Å². The summed E-state index contributed by atoms with van der Waals surface area (Å²) in [6.45, 7) is 4.34. The first-order valence-corrected chi connectivity index (χ1v) is 10.4. The minimum absolute atomic E-state index is 0.00901. The minimum atomic E-state index is -0.220. The predicted molar refractivity (Wildman–Crippen MR) is 112 cm³/mol. The monoisotopic (exact) mass is 392 g/mol. The number of carbonyl (C=O) groups is 2. The number of likely N-dealkylation sites (tertiary alicyclic amines) is 1. The lowest BCUT2D eigenvalue weighted by molar-refractivity contribution is -0.137. The lowest BCUT2D eigenvalue weighted by Gasteiger charge is -2.32. The summed E-state index contributed by atoms with van der Waals surface area (Å²) in [7, 11) is 1.65. The molecule has 0 bridgehead atoms. The molecular weight excluding hydrogens is 364 g/mol. The van der Waals surface area contributed by atoms with Crippen molar-refractivity contribution in [2.45, 2.75) is 32.2 Å². The zero-order chi connectivity index (χ0) is 20.4. The third-order valence-electron chi connectivity index (χ3n) is 6.26. The average Bonchev–Trinajstić information content (AvgIpc) is 3.23. The molecule has 2 aromatic carbocycles. The molecule has 5 nitrogen and oxygen atoms in total. The molecule has 0 aromatic heterocycles. The molecule has 1 fully saturated rings. The van der Waals surface area contributed by atoms with E-state index in [0.717, 1.165) is 24.3 Å². The maximum atomic E-state index is 13.6. The third-order valence-corrected chi connectivity index (χ3v) is 6.26. The van der Waals surface area contributed by atoms with Gasteiger partial charge in [0.05, 0.1) is 13.0 Å². The number of methoxy groups -OCH3 is 1. The van der Waals surface area contributed by atoms with E-state index in [1.54, 1.807) is 7.11 Å². The van der Waals surface area contributed by atoms with E-state index in [9.17, 15) is 9.59 Å². The highest BCUT2D eigenvalue weighted by atomic mass is 16.5. The normalized spacial score (nSPS) is 21.0. The highest BCUT2D eigenvalue weighted by Gasteiger charge is 2.42. The summed E-state index contributed by atoms with van der Waals surface area (Å²) in [4.78, 5) is 29.8. The van der Waals surface area contributed by atoms with E-state index in [1.165, 1.54) is 11.1 Å². The molecule has 4 rings (SSSR count). The molecule has 2 unspecified atom stereocenters. The van der Waals surface area contributed by atoms with Gasteiger partial charge in [-0.3, -0.25) is 9.59 Å². The van der Waals surface area contributed by atoms with Crippen LogP contribution in [0, 0.1) is 5.92 Å². The first-order chi connectivity index (χ1) is 14.1. The van der Waals surface area contributed by atoms with Crippen LogP contribution in [0.1, 0.15) is 36.0 Å². The Morgan fingerprint density at radius 1 is 1.03 bits per heavy atom. The Hall–Kier alpha value is -2.82. The molecule has 2 atom stereocenters. The quantitative estimate of drug-likeness (QED) is 0.803. The Morgan fingerprint density at radius 3 is 2.59 bits per heavy atom. The van der Waals surface area contributed by atoms with E-state index in [0.29, 0.717) is 26.1 Å². The number of amides is 2. The number of nitrogens with zero attached hydrogens (tertiary/aromatic N) is 2. The van der Waals surface area contributed by atoms with Gasteiger partial charge in [-0.15, -0.1) is 0 Å². The van der Waals surface area contributed by atoms with Gasteiger partial charge in [0.2, 0.25) is 11.8 Å². The Bertz CT molecular complexity index is 911. The molecule has 2 heterocycles. The average molecular weight is 392 g/mol. The molecule has 1 saturated heterocycles. The van der Waals surface area contributed by atoms with Crippen LogP contribution in [-0.4, -0.2) is 48.4 Å². The maximum absolute atomic E-state index is 13.6. The van der Waals surface area contributed by atoms with E-state index in [-0.39, 0.29) is 23.7 Å². The van der Waals surface area contributed by atoms with Crippen LogP contribution in [0.25, 0.3) is 0 Å². The van der Waals surface area contributed by atoms with Crippen LogP contribution in [0.4, 0.5) is 0 Å². The van der Waals surface area contributed by atoms with Crippen molar-refractivity contribution in [2.24, 2.45) is 5.92 Å². The van der Waals surface area contributed by atoms with Gasteiger partial charge >= 0.3 is 0 Å². The molecular formula is C24H28N2O3. The lowest BCUT2D eigenvalue weighted by Crippen LogP contribution is -2.42. The van der Waals surface area contributed by atoms with E-state index in [4.69, 9.17) is 4.74 Å². The maximum Gasteiger partial charge on any atom is 0.228 e. The number of ether oxygens (including phenoxy) is 1. The minimum Gasteiger partial charge on any atom is -0.497 e. The fourth-order valence-electron chi connectivity index (χ4n) is 4.61. The molecule has 0 spiro atoms. The summed E-state index contributed by atoms with van der Waals surface area (Å²) in [5.74, 6) is 0.810. The van der Waals surface area contributed by atoms with Gasteiger partial charge < -0.3 is 14.5 Å². The second-order valence-corrected chi connectivity index (χ2v) is 7.92. The highest BCUT2D eigenvalue weighted by molar-refractivity contribution is 5.83. The Morgan fingerprint density at radius 2 is 1.83 bits per heavy atom. The molecule has 2 aliphatic rings. The zero-order valence-electron chi connectivity index (χ0n) is 17.1. The van der Waals surface area contributed by atoms with Crippen LogP contribution in [0.2, 0.25) is 0 Å². The smallest absolute Gasteiger partial charge is 0.228 e. The summed E-state index contributed by atoms with van der Waals surface area (Å²) in [5.41, 5.74) is 3.62. The first-order valence-electron chi connectivity index (χ1n) is 10.4. The van der Waals surface area contributed by atoms with Crippen LogP contribution >= 0.6 is 0 Å². The molecule has 0 aliphatic carbocycles. The summed E-state index contributed by atoms with van der Waals surface area (Å²) in [6, 6.07) is 16.2. The number of hydrogen-bond acceptors (Lipinski definition) is 3. The van der Waals surface area contributed by atoms with Crippen LogP contribution in [0.3, 0.4) is 0 Å². The molecule has 152 valence electrons. The Labute approximate surface area is 172 Å². The molecule has 0 N–H and O–H groups in total. The van der Waals surface area contributed by atoms with E-state index < -0.39 is 0 Å². The van der Waals surface area contributed by atoms with E-state index in [1.807, 2.05) is 47.1 Å². The molecule has 0 radical (unpaired) electrons. The zero-order valence-corrected chi connectivity index (χ0v) is 17.1. The van der Waals surface area contributed by atoms with Crippen LogP contribution in [-0.2, 0) is 22.6 Å². The first kappa shape index (κ1) is 19.5. The third kappa shape index (κ3) is 3.86. The molecule has 0 saturated carbocycles. The van der Waals surface area contributed by atoms with Crippen molar-refractivity contribution in [1.82, 2.24) is 9.80 Å². The van der Waals surface area contributed by atoms with Gasteiger partial charge in [0.25, 0.3) is 0 Å². The van der Waals surface area contributed by atoms with Crippen molar-refractivity contribution >= 4 is 11.8 Å². The fraction of sp³-hybridized carbons (Fsp3) is 0.417. The number of hydrogen-bond donors (Lipinski definition) is 0. The summed E-state index contributed by atoms with van der Waals surface area (Å²) in [6.07, 6.45) is 1.35. The van der Waals surface area contributed by atoms with Gasteiger partial charge in [-0.1, -0.05) is 43.3 Å². The van der Waals surface area contributed by atoms with Gasteiger partial charge in [0.1, 0.15) is 5.75 Å². The van der Waals surface area contributed by atoms with Crippen molar-refractivity contribution < 1.29 is 14.3 Å². The lowest BCUT2D eigenvalue weighted by atomic mass is 9.87. The molecule has 5 heteroatoms. The predicted octanol–water partition coefficient (Wildman–Crippen LogP) is 3.23. The molecule has 2 aromatic rings. The van der Waals surface area contributed by atoms with Crippen molar-refractivity contribution in [3.05, 3.63) is 65.2 Å². The largest absolute Gasteiger partial charge is 0.497 e. The molecule has 2 aliphatic heterocycles. The summed E-state index contributed by atoms with van der Waals surface area (Å²) in [5, 5.41) is 0. The molecule has 2 amide bonds. The highest BCUT2D eigenvalue weighted by Crippen LogP contribution is 2.36. The van der Waals surface area contributed by atoms with Gasteiger partial charge in [0.15, 0.2) is 0 Å². The van der Waals surface area contributed by atoms with Crippen LogP contribution in [0.5, 0.6) is 5.75 Å². The summed E-state index contributed by atoms with van der Waals surface area (Å²) < 4.78 is 5.39. The second kappa shape index (κ2) is 8.27. The number of fused-ring (bicyclic) bond motifs is 1. The summed E-state index contributed by atoms with van der Waals surface area (Å²) >= 11 is 0. The Kier molecular flexibility index (Phi) is 5.56. The number of carbonyl (C=O) groups excluding carboxylic acids is 2. The van der Waals surface area contributed by atoms with Gasteiger partial charge in [-0.2, -0.15) is 0 Å². The van der Waals surface area contributed by atoms with Crippen LogP contribution in [0.15, 0.2) is 48.5 Å². The van der Waals surface area contributed by atoms with Crippen LogP contribution < -0.4 is 4.74 Å². The fourth-order valence-corrected chi connectivity index (χ4v) is 4.61. The standard InChI is InChI=1S/C24H28N2O3/c1-3-23(27)26-15-21(18-9-6-10-20(13-18)29-2)22(16-26)24(28)25-12-11-17-7-4-5-8-19(17)14-25/h4-10,13,21-22H,3,11-12,14-16H2,1-2H3. The second-order valence-electron chi connectivity index (χ2n) is 7.92.